The van der Waals surface area contributed by atoms with Gasteiger partial charge in [0.1, 0.15) is 6.04 Å². The lowest BCUT2D eigenvalue weighted by atomic mass is 10.2. The number of hydrogen-bond acceptors (Lipinski definition) is 6. The third-order valence-corrected chi connectivity index (χ3v) is 4.41. The molecule has 0 aliphatic carbocycles. The summed E-state index contributed by atoms with van der Waals surface area (Å²) in [7, 11) is 3.50. The molecule has 1 saturated heterocycles. The largest absolute Gasteiger partial charge is 0.481 e. The van der Waals surface area contributed by atoms with Crippen molar-refractivity contribution in [1.29, 1.82) is 0 Å². The van der Waals surface area contributed by atoms with E-state index in [2.05, 4.69) is 5.32 Å². The molecule has 1 aliphatic rings. The molecule has 1 aromatic rings. The Kier molecular flexibility index (Phi) is 9.63. The van der Waals surface area contributed by atoms with E-state index in [1.54, 1.807) is 25.9 Å². The van der Waals surface area contributed by atoms with Gasteiger partial charge in [0, 0.05) is 6.54 Å². The average molecular weight is 421 g/mol. The van der Waals surface area contributed by atoms with Gasteiger partial charge in [0.25, 0.3) is 0 Å². The SMILES string of the molecule is C[C@H](C(=O)NCc1ccccc1)N1C(=O)CC(N(C)C)C1=O.O=C(O)CCC(=O)O. The molecular formula is C20H27N3O7. The number of benzene rings is 1. The van der Waals surface area contributed by atoms with Crippen molar-refractivity contribution in [2.24, 2.45) is 0 Å². The molecule has 30 heavy (non-hydrogen) atoms. The number of carboxylic acids is 2. The second kappa shape index (κ2) is 11.7. The zero-order valence-electron chi connectivity index (χ0n) is 17.2. The van der Waals surface area contributed by atoms with Crippen LogP contribution < -0.4 is 5.32 Å². The van der Waals surface area contributed by atoms with Crippen LogP contribution in [0.3, 0.4) is 0 Å². The number of likely N-dealkylation sites (N-methyl/N-ethyl adjacent to an activating group) is 1. The van der Waals surface area contributed by atoms with Gasteiger partial charge in [-0.3, -0.25) is 33.8 Å². The number of rotatable bonds is 8. The lowest BCUT2D eigenvalue weighted by molar-refractivity contribution is -0.147. The molecule has 2 atom stereocenters. The van der Waals surface area contributed by atoms with E-state index in [-0.39, 0.29) is 37.0 Å². The molecule has 0 spiro atoms. The van der Waals surface area contributed by atoms with E-state index in [0.717, 1.165) is 10.5 Å². The van der Waals surface area contributed by atoms with Crippen molar-refractivity contribution in [3.8, 4) is 0 Å². The topological polar surface area (TPSA) is 144 Å². The Morgan fingerprint density at radius 3 is 2.07 bits per heavy atom. The molecule has 1 aromatic carbocycles. The molecular weight excluding hydrogens is 394 g/mol. The van der Waals surface area contributed by atoms with Gasteiger partial charge in [-0.2, -0.15) is 0 Å². The Hall–Kier alpha value is -3.27. The van der Waals surface area contributed by atoms with Crippen LogP contribution in [0.4, 0.5) is 0 Å². The van der Waals surface area contributed by atoms with Gasteiger partial charge in [-0.25, -0.2) is 0 Å². The lowest BCUT2D eigenvalue weighted by Crippen LogP contribution is -2.49. The molecule has 10 heteroatoms. The number of carbonyl (C=O) groups is 5. The fraction of sp³-hybridized carbons (Fsp3) is 0.450. The molecule has 0 aromatic heterocycles. The minimum absolute atomic E-state index is 0.127. The van der Waals surface area contributed by atoms with E-state index in [4.69, 9.17) is 10.2 Å². The van der Waals surface area contributed by atoms with Gasteiger partial charge in [0.15, 0.2) is 0 Å². The standard InChI is InChI=1S/C16H21N3O3.C4H6O4/c1-11(15(21)17-10-12-7-5-4-6-8-12)19-14(20)9-13(16(19)22)18(2)3;5-3(6)1-2-4(7)8/h4-8,11,13H,9-10H2,1-3H3,(H,17,21);1-2H2,(H,5,6)(H,7,8)/t11-,13?;/m1./s1. The molecule has 1 heterocycles. The minimum atomic E-state index is -1.08. The third kappa shape index (κ3) is 7.63. The predicted octanol–water partition coefficient (Wildman–Crippen LogP) is 0.316. The van der Waals surface area contributed by atoms with Crippen molar-refractivity contribution in [2.75, 3.05) is 14.1 Å². The number of hydrogen-bond donors (Lipinski definition) is 3. The maximum Gasteiger partial charge on any atom is 0.303 e. The van der Waals surface area contributed by atoms with Gasteiger partial charge in [-0.05, 0) is 26.6 Å². The van der Waals surface area contributed by atoms with Crippen LogP contribution in [0.25, 0.3) is 0 Å². The first-order valence-electron chi connectivity index (χ1n) is 9.32. The first kappa shape index (κ1) is 24.8. The maximum absolute atomic E-state index is 12.3. The maximum atomic E-state index is 12.3. The number of imide groups is 1. The molecule has 0 saturated carbocycles. The molecule has 0 bridgehead atoms. The number of carboxylic acid groups (broad SMARTS) is 2. The van der Waals surface area contributed by atoms with Gasteiger partial charge in [-0.15, -0.1) is 0 Å². The molecule has 10 nitrogen and oxygen atoms in total. The highest BCUT2D eigenvalue weighted by Crippen LogP contribution is 2.19. The summed E-state index contributed by atoms with van der Waals surface area (Å²) in [4.78, 5) is 58.5. The Balaban J connectivity index is 0.000000479. The van der Waals surface area contributed by atoms with Crippen LogP contribution in [0.2, 0.25) is 0 Å². The quantitative estimate of drug-likeness (QED) is 0.509. The third-order valence-electron chi connectivity index (χ3n) is 4.41. The number of amides is 3. The van der Waals surface area contributed by atoms with E-state index >= 15 is 0 Å². The fourth-order valence-corrected chi connectivity index (χ4v) is 2.71. The van der Waals surface area contributed by atoms with Gasteiger partial charge >= 0.3 is 11.9 Å². The average Bonchev–Trinajstić information content (AvgIpc) is 2.99. The van der Waals surface area contributed by atoms with Crippen molar-refractivity contribution < 1.29 is 34.2 Å². The van der Waals surface area contributed by atoms with Crippen LogP contribution in [0.1, 0.15) is 31.7 Å². The molecule has 0 radical (unpaired) electrons. The molecule has 3 N–H and O–H groups in total. The van der Waals surface area contributed by atoms with E-state index in [9.17, 15) is 24.0 Å². The summed E-state index contributed by atoms with van der Waals surface area (Å²) in [6.45, 7) is 1.95. The van der Waals surface area contributed by atoms with Gasteiger partial charge < -0.3 is 15.5 Å². The zero-order chi connectivity index (χ0) is 22.8. The van der Waals surface area contributed by atoms with E-state index in [1.165, 1.54) is 0 Å². The van der Waals surface area contributed by atoms with Crippen molar-refractivity contribution in [3.05, 3.63) is 35.9 Å². The van der Waals surface area contributed by atoms with Gasteiger partial charge in [-0.1, -0.05) is 30.3 Å². The lowest BCUT2D eigenvalue weighted by Gasteiger charge is -2.23. The molecule has 3 amide bonds. The summed E-state index contributed by atoms with van der Waals surface area (Å²) in [6.07, 6.45) is -0.465. The predicted molar refractivity (Wildman–Crippen MR) is 106 cm³/mol. The smallest absolute Gasteiger partial charge is 0.303 e. The number of nitrogens with one attached hydrogen (secondary N) is 1. The van der Waals surface area contributed by atoms with Crippen LogP contribution in [0.5, 0.6) is 0 Å². The molecule has 1 aliphatic heterocycles. The van der Waals surface area contributed by atoms with Crippen molar-refractivity contribution in [2.45, 2.75) is 44.8 Å². The number of aliphatic carboxylic acids is 2. The first-order chi connectivity index (χ1) is 14.0. The summed E-state index contributed by atoms with van der Waals surface area (Å²) in [5.74, 6) is -3.09. The van der Waals surface area contributed by atoms with Crippen molar-refractivity contribution in [3.63, 3.8) is 0 Å². The minimum Gasteiger partial charge on any atom is -0.481 e. The van der Waals surface area contributed by atoms with Crippen LogP contribution in [0.15, 0.2) is 30.3 Å². The number of carbonyl (C=O) groups excluding carboxylic acids is 3. The molecule has 2 rings (SSSR count). The Bertz CT molecular complexity index is 766. The second-order valence-corrected chi connectivity index (χ2v) is 6.95. The van der Waals surface area contributed by atoms with Crippen molar-refractivity contribution in [1.82, 2.24) is 15.1 Å². The van der Waals surface area contributed by atoms with Crippen LogP contribution in [-0.2, 0) is 30.5 Å². The highest BCUT2D eigenvalue weighted by atomic mass is 16.4. The first-order valence-corrected chi connectivity index (χ1v) is 9.32. The van der Waals surface area contributed by atoms with Gasteiger partial charge in [0.2, 0.25) is 17.7 Å². The number of nitrogens with zero attached hydrogens (tertiary/aromatic N) is 2. The summed E-state index contributed by atoms with van der Waals surface area (Å²) in [5.41, 5.74) is 0.966. The second-order valence-electron chi connectivity index (χ2n) is 6.95. The summed E-state index contributed by atoms with van der Waals surface area (Å²) in [5, 5.41) is 18.6. The Morgan fingerprint density at radius 1 is 1.10 bits per heavy atom. The summed E-state index contributed by atoms with van der Waals surface area (Å²) in [6, 6.07) is 8.21. The Labute approximate surface area is 174 Å². The highest BCUT2D eigenvalue weighted by molar-refractivity contribution is 6.08. The fourth-order valence-electron chi connectivity index (χ4n) is 2.71. The van der Waals surface area contributed by atoms with Crippen LogP contribution in [-0.4, -0.2) is 75.9 Å². The van der Waals surface area contributed by atoms with E-state index < -0.39 is 24.0 Å². The van der Waals surface area contributed by atoms with Gasteiger partial charge in [0.05, 0.1) is 25.3 Å². The van der Waals surface area contributed by atoms with Crippen LogP contribution in [0, 0.1) is 0 Å². The highest BCUT2D eigenvalue weighted by Gasteiger charge is 2.43. The van der Waals surface area contributed by atoms with Crippen molar-refractivity contribution >= 4 is 29.7 Å². The molecule has 1 unspecified atom stereocenters. The summed E-state index contributed by atoms with van der Waals surface area (Å²) >= 11 is 0. The monoisotopic (exact) mass is 421 g/mol. The van der Waals surface area contributed by atoms with Crippen LogP contribution >= 0.6 is 0 Å². The Morgan fingerprint density at radius 2 is 1.63 bits per heavy atom. The zero-order valence-corrected chi connectivity index (χ0v) is 17.2. The van der Waals surface area contributed by atoms with E-state index in [0.29, 0.717) is 6.54 Å². The summed E-state index contributed by atoms with van der Waals surface area (Å²) < 4.78 is 0. The normalized spacial score (nSPS) is 16.7. The number of likely N-dealkylation sites (tertiary alicyclic amines) is 1. The van der Waals surface area contributed by atoms with E-state index in [1.807, 2.05) is 30.3 Å². The molecule has 164 valence electrons. The molecule has 1 fully saturated rings.